The molecular formula is C14H17N3O. The average Bonchev–Trinajstić information content (AvgIpc) is 2.79. The molecule has 0 spiro atoms. The van der Waals surface area contributed by atoms with Crippen LogP contribution in [0, 0.1) is 0 Å². The molecule has 1 aromatic heterocycles. The van der Waals surface area contributed by atoms with Crippen molar-refractivity contribution in [3.63, 3.8) is 0 Å². The van der Waals surface area contributed by atoms with Crippen molar-refractivity contribution < 1.29 is 4.74 Å². The van der Waals surface area contributed by atoms with Crippen LogP contribution in [0.25, 0.3) is 11.3 Å². The Morgan fingerprint density at radius 3 is 3.06 bits per heavy atom. The molecule has 0 radical (unpaired) electrons. The van der Waals surface area contributed by atoms with Gasteiger partial charge in [0.2, 0.25) is 0 Å². The molecule has 2 heterocycles. The lowest BCUT2D eigenvalue weighted by molar-refractivity contribution is 0.297. The largest absolute Gasteiger partial charge is 0.487 e. The number of hydrogen-bond acceptors (Lipinski definition) is 3. The predicted octanol–water partition coefficient (Wildman–Crippen LogP) is 2.47. The van der Waals surface area contributed by atoms with Crippen LogP contribution in [0.15, 0.2) is 24.3 Å². The van der Waals surface area contributed by atoms with E-state index in [0.717, 1.165) is 35.1 Å². The van der Waals surface area contributed by atoms with Crippen LogP contribution < -0.4 is 10.1 Å². The van der Waals surface area contributed by atoms with Crippen LogP contribution in [-0.2, 0) is 13.2 Å². The highest BCUT2D eigenvalue weighted by Crippen LogP contribution is 2.35. The van der Waals surface area contributed by atoms with E-state index >= 15 is 0 Å². The molecule has 1 aliphatic heterocycles. The van der Waals surface area contributed by atoms with Crippen LogP contribution >= 0.6 is 0 Å². The number of H-pyrrole nitrogens is 1. The number of ether oxygens (including phenoxy) is 1. The number of imidazole rings is 1. The molecule has 4 heteroatoms. The summed E-state index contributed by atoms with van der Waals surface area (Å²) < 4.78 is 5.70. The standard InChI is InChI=1S/C14H17N3O/c1-9(2)15-7-13-16-11-8-18-12-6-4-3-5-10(12)14(11)17-13/h3-6,9,15H,7-8H2,1-2H3,(H,16,17). The highest BCUT2D eigenvalue weighted by molar-refractivity contribution is 5.70. The van der Waals surface area contributed by atoms with Crippen LogP contribution in [0.5, 0.6) is 5.75 Å². The highest BCUT2D eigenvalue weighted by Gasteiger charge is 2.20. The van der Waals surface area contributed by atoms with Gasteiger partial charge in [0.05, 0.1) is 17.9 Å². The van der Waals surface area contributed by atoms with Gasteiger partial charge in [0.1, 0.15) is 18.2 Å². The van der Waals surface area contributed by atoms with Crippen LogP contribution in [0.1, 0.15) is 25.4 Å². The van der Waals surface area contributed by atoms with Crippen LogP contribution in [0.4, 0.5) is 0 Å². The number of para-hydroxylation sites is 1. The molecule has 0 atom stereocenters. The lowest BCUT2D eigenvalue weighted by Crippen LogP contribution is -2.22. The van der Waals surface area contributed by atoms with Crippen molar-refractivity contribution in [3.05, 3.63) is 35.8 Å². The summed E-state index contributed by atoms with van der Waals surface area (Å²) in [4.78, 5) is 8.00. The molecule has 0 saturated heterocycles. The van der Waals surface area contributed by atoms with Gasteiger partial charge < -0.3 is 15.0 Å². The monoisotopic (exact) mass is 243 g/mol. The van der Waals surface area contributed by atoms with Crippen molar-refractivity contribution in [2.75, 3.05) is 0 Å². The van der Waals surface area contributed by atoms with Crippen LogP contribution in [0.3, 0.4) is 0 Å². The van der Waals surface area contributed by atoms with Gasteiger partial charge >= 0.3 is 0 Å². The molecule has 4 nitrogen and oxygen atoms in total. The Kier molecular flexibility index (Phi) is 2.80. The molecule has 0 saturated carbocycles. The van der Waals surface area contributed by atoms with E-state index in [1.54, 1.807) is 0 Å². The van der Waals surface area contributed by atoms with E-state index in [1.807, 2.05) is 24.3 Å². The Morgan fingerprint density at radius 1 is 1.39 bits per heavy atom. The minimum atomic E-state index is 0.454. The van der Waals surface area contributed by atoms with Crippen molar-refractivity contribution in [1.29, 1.82) is 0 Å². The van der Waals surface area contributed by atoms with Crippen molar-refractivity contribution in [1.82, 2.24) is 15.3 Å². The Labute approximate surface area is 106 Å². The lowest BCUT2D eigenvalue weighted by Gasteiger charge is -2.15. The maximum absolute atomic E-state index is 5.70. The van der Waals surface area contributed by atoms with E-state index in [4.69, 9.17) is 4.74 Å². The molecule has 94 valence electrons. The molecule has 1 aromatic carbocycles. The number of hydrogen-bond donors (Lipinski definition) is 2. The minimum absolute atomic E-state index is 0.454. The van der Waals surface area contributed by atoms with Gasteiger partial charge in [-0.05, 0) is 12.1 Å². The molecule has 0 fully saturated rings. The molecule has 0 unspecified atom stereocenters. The second-order valence-electron chi connectivity index (χ2n) is 4.83. The quantitative estimate of drug-likeness (QED) is 0.870. The van der Waals surface area contributed by atoms with E-state index in [9.17, 15) is 0 Å². The number of benzene rings is 1. The summed E-state index contributed by atoms with van der Waals surface area (Å²) in [6, 6.07) is 8.48. The molecule has 3 rings (SSSR count). The first-order chi connectivity index (χ1) is 8.74. The number of nitrogens with zero attached hydrogens (tertiary/aromatic N) is 1. The average molecular weight is 243 g/mol. The zero-order valence-corrected chi connectivity index (χ0v) is 10.7. The van der Waals surface area contributed by atoms with Crippen LogP contribution in [-0.4, -0.2) is 16.0 Å². The third-order valence-corrected chi connectivity index (χ3v) is 3.02. The van der Waals surface area contributed by atoms with Crippen LogP contribution in [0.2, 0.25) is 0 Å². The highest BCUT2D eigenvalue weighted by atomic mass is 16.5. The Hall–Kier alpha value is -1.81. The summed E-state index contributed by atoms with van der Waals surface area (Å²) in [5.41, 5.74) is 3.16. The van der Waals surface area contributed by atoms with Gasteiger partial charge in [-0.3, -0.25) is 0 Å². The first-order valence-electron chi connectivity index (χ1n) is 6.27. The lowest BCUT2D eigenvalue weighted by atomic mass is 10.1. The Balaban J connectivity index is 1.92. The molecule has 1 aliphatic rings. The predicted molar refractivity (Wildman–Crippen MR) is 70.3 cm³/mol. The second kappa shape index (κ2) is 4.46. The summed E-state index contributed by atoms with van der Waals surface area (Å²) in [7, 11) is 0. The van der Waals surface area contributed by atoms with E-state index in [1.165, 1.54) is 0 Å². The summed E-state index contributed by atoms with van der Waals surface area (Å²) in [6.07, 6.45) is 0. The first kappa shape index (κ1) is 11.3. The third kappa shape index (κ3) is 1.99. The van der Waals surface area contributed by atoms with E-state index in [2.05, 4.69) is 29.1 Å². The second-order valence-corrected chi connectivity index (χ2v) is 4.83. The fourth-order valence-electron chi connectivity index (χ4n) is 2.11. The van der Waals surface area contributed by atoms with Gasteiger partial charge in [0, 0.05) is 11.6 Å². The summed E-state index contributed by atoms with van der Waals surface area (Å²) in [5.74, 6) is 1.88. The van der Waals surface area contributed by atoms with E-state index in [-0.39, 0.29) is 0 Å². The summed E-state index contributed by atoms with van der Waals surface area (Å²) in [5, 5.41) is 3.36. The fraction of sp³-hybridized carbons (Fsp3) is 0.357. The number of nitrogens with one attached hydrogen (secondary N) is 2. The Morgan fingerprint density at radius 2 is 2.22 bits per heavy atom. The van der Waals surface area contributed by atoms with Gasteiger partial charge in [-0.15, -0.1) is 0 Å². The Bertz CT molecular complexity index is 560. The molecule has 0 amide bonds. The fourth-order valence-corrected chi connectivity index (χ4v) is 2.11. The van der Waals surface area contributed by atoms with Crippen molar-refractivity contribution in [2.45, 2.75) is 33.0 Å². The zero-order valence-electron chi connectivity index (χ0n) is 10.7. The summed E-state index contributed by atoms with van der Waals surface area (Å²) in [6.45, 7) is 5.58. The number of aromatic amines is 1. The maximum atomic E-state index is 5.70. The maximum Gasteiger partial charge on any atom is 0.130 e. The van der Waals surface area contributed by atoms with E-state index < -0.39 is 0 Å². The number of fused-ring (bicyclic) bond motifs is 3. The smallest absolute Gasteiger partial charge is 0.130 e. The van der Waals surface area contributed by atoms with Crippen molar-refractivity contribution in [3.8, 4) is 17.0 Å². The third-order valence-electron chi connectivity index (χ3n) is 3.02. The van der Waals surface area contributed by atoms with Gasteiger partial charge in [0.25, 0.3) is 0 Å². The van der Waals surface area contributed by atoms with Gasteiger partial charge in [0.15, 0.2) is 0 Å². The van der Waals surface area contributed by atoms with Crippen molar-refractivity contribution in [2.24, 2.45) is 0 Å². The minimum Gasteiger partial charge on any atom is -0.487 e. The normalized spacial score (nSPS) is 13.1. The molecule has 0 aliphatic carbocycles. The van der Waals surface area contributed by atoms with Gasteiger partial charge in [-0.2, -0.15) is 0 Å². The van der Waals surface area contributed by atoms with Crippen molar-refractivity contribution >= 4 is 0 Å². The first-order valence-corrected chi connectivity index (χ1v) is 6.27. The van der Waals surface area contributed by atoms with Gasteiger partial charge in [-0.1, -0.05) is 26.0 Å². The van der Waals surface area contributed by atoms with Gasteiger partial charge in [-0.25, -0.2) is 4.98 Å². The van der Waals surface area contributed by atoms with E-state index in [0.29, 0.717) is 12.6 Å². The zero-order chi connectivity index (χ0) is 12.5. The molecule has 2 aromatic rings. The molecule has 2 N–H and O–H groups in total. The summed E-state index contributed by atoms with van der Waals surface area (Å²) >= 11 is 0. The molecule has 18 heavy (non-hydrogen) atoms. The molecule has 0 bridgehead atoms. The number of aromatic nitrogens is 2. The topological polar surface area (TPSA) is 49.9 Å². The SMILES string of the molecule is CC(C)NCc1nc2c([nH]1)COc1ccccc1-2. The molecular weight excluding hydrogens is 226 g/mol. The number of rotatable bonds is 3.